The number of ether oxygens (including phenoxy) is 1. The van der Waals surface area contributed by atoms with Gasteiger partial charge in [0.2, 0.25) is 0 Å². The molecule has 0 aromatic heterocycles. The predicted molar refractivity (Wildman–Crippen MR) is 71.5 cm³/mol. The molecule has 1 aromatic carbocycles. The highest BCUT2D eigenvalue weighted by atomic mass is 16.5. The van der Waals surface area contributed by atoms with Gasteiger partial charge in [0.05, 0.1) is 18.2 Å². The molecule has 1 heterocycles. The highest BCUT2D eigenvalue weighted by Crippen LogP contribution is 2.18. The topological polar surface area (TPSA) is 45.0 Å². The average molecular weight is 244 g/mol. The van der Waals surface area contributed by atoms with Crippen molar-refractivity contribution in [3.63, 3.8) is 0 Å². The zero-order valence-electron chi connectivity index (χ0n) is 10.7. The molecule has 0 atom stereocenters. The van der Waals surface area contributed by atoms with Crippen LogP contribution >= 0.6 is 0 Å². The fraction of sp³-hybridized carbons (Fsp3) is 0.533. The molecule has 18 heavy (non-hydrogen) atoms. The van der Waals surface area contributed by atoms with Crippen molar-refractivity contribution in [2.24, 2.45) is 5.92 Å². The second-order valence-corrected chi connectivity index (χ2v) is 4.82. The van der Waals surface area contributed by atoms with Crippen LogP contribution in [0.25, 0.3) is 0 Å². The Balaban J connectivity index is 1.63. The number of hydrogen-bond acceptors (Lipinski definition) is 3. The number of piperidine rings is 1. The SMILES string of the molecule is N#Cc1ccc(OCCCC2CCNCC2)cc1. The molecular weight excluding hydrogens is 224 g/mol. The zero-order chi connectivity index (χ0) is 12.6. The minimum Gasteiger partial charge on any atom is -0.494 e. The van der Waals surface area contributed by atoms with E-state index in [2.05, 4.69) is 11.4 Å². The molecule has 2 rings (SSSR count). The molecule has 0 unspecified atom stereocenters. The lowest BCUT2D eigenvalue weighted by atomic mass is 9.93. The number of nitriles is 1. The van der Waals surface area contributed by atoms with E-state index in [1.54, 1.807) is 12.1 Å². The van der Waals surface area contributed by atoms with E-state index in [-0.39, 0.29) is 0 Å². The summed E-state index contributed by atoms with van der Waals surface area (Å²) >= 11 is 0. The molecule has 0 spiro atoms. The van der Waals surface area contributed by atoms with Gasteiger partial charge in [-0.05, 0) is 69.0 Å². The maximum absolute atomic E-state index is 8.69. The van der Waals surface area contributed by atoms with Crippen molar-refractivity contribution in [1.29, 1.82) is 5.26 Å². The van der Waals surface area contributed by atoms with Crippen LogP contribution in [0.1, 0.15) is 31.2 Å². The fourth-order valence-electron chi connectivity index (χ4n) is 2.36. The molecule has 1 aromatic rings. The zero-order valence-corrected chi connectivity index (χ0v) is 10.7. The Labute approximate surface area is 109 Å². The minimum atomic E-state index is 0.678. The summed E-state index contributed by atoms with van der Waals surface area (Å²) in [6.45, 7) is 3.11. The Morgan fingerprint density at radius 3 is 2.61 bits per heavy atom. The maximum Gasteiger partial charge on any atom is 0.119 e. The Bertz CT molecular complexity index is 388. The molecule has 1 saturated heterocycles. The van der Waals surface area contributed by atoms with Gasteiger partial charge >= 0.3 is 0 Å². The summed E-state index contributed by atoms with van der Waals surface area (Å²) in [5.74, 6) is 1.73. The third-order valence-electron chi connectivity index (χ3n) is 3.47. The molecule has 0 bridgehead atoms. The first-order chi connectivity index (χ1) is 8.88. The third-order valence-corrected chi connectivity index (χ3v) is 3.47. The van der Waals surface area contributed by atoms with Gasteiger partial charge in [-0.3, -0.25) is 0 Å². The summed E-state index contributed by atoms with van der Waals surface area (Å²) in [6, 6.07) is 9.42. The van der Waals surface area contributed by atoms with E-state index >= 15 is 0 Å². The summed E-state index contributed by atoms with van der Waals surface area (Å²) in [7, 11) is 0. The molecule has 96 valence electrons. The molecule has 1 fully saturated rings. The van der Waals surface area contributed by atoms with E-state index in [4.69, 9.17) is 10.00 Å². The van der Waals surface area contributed by atoms with Crippen LogP contribution in [0, 0.1) is 17.2 Å². The lowest BCUT2D eigenvalue weighted by Crippen LogP contribution is -2.27. The van der Waals surface area contributed by atoms with Crippen LogP contribution in [0.2, 0.25) is 0 Å². The van der Waals surface area contributed by atoms with Gasteiger partial charge in [-0.1, -0.05) is 0 Å². The van der Waals surface area contributed by atoms with E-state index in [1.165, 1.54) is 32.4 Å². The van der Waals surface area contributed by atoms with Crippen molar-refractivity contribution in [3.05, 3.63) is 29.8 Å². The number of nitrogens with zero attached hydrogens (tertiary/aromatic N) is 1. The second kappa shape index (κ2) is 7.03. The third kappa shape index (κ3) is 4.05. The van der Waals surface area contributed by atoms with Gasteiger partial charge in [-0.2, -0.15) is 5.26 Å². The van der Waals surface area contributed by atoms with E-state index in [0.717, 1.165) is 24.7 Å². The molecule has 1 N–H and O–H groups in total. The Hall–Kier alpha value is -1.53. The molecule has 0 radical (unpaired) electrons. The van der Waals surface area contributed by atoms with Gasteiger partial charge < -0.3 is 10.1 Å². The first-order valence-electron chi connectivity index (χ1n) is 6.72. The molecule has 0 saturated carbocycles. The average Bonchev–Trinajstić information content (AvgIpc) is 2.45. The monoisotopic (exact) mass is 244 g/mol. The molecule has 1 aliphatic rings. The highest BCUT2D eigenvalue weighted by Gasteiger charge is 2.12. The van der Waals surface area contributed by atoms with Crippen molar-refractivity contribution in [3.8, 4) is 11.8 Å². The van der Waals surface area contributed by atoms with Crippen LogP contribution in [0.15, 0.2) is 24.3 Å². The van der Waals surface area contributed by atoms with E-state index in [0.29, 0.717) is 5.56 Å². The smallest absolute Gasteiger partial charge is 0.119 e. The van der Waals surface area contributed by atoms with Gasteiger partial charge in [0.25, 0.3) is 0 Å². The maximum atomic E-state index is 8.69. The van der Waals surface area contributed by atoms with Crippen molar-refractivity contribution in [1.82, 2.24) is 5.32 Å². The summed E-state index contributed by atoms with van der Waals surface area (Å²) in [5, 5.41) is 12.1. The van der Waals surface area contributed by atoms with Crippen molar-refractivity contribution in [2.75, 3.05) is 19.7 Å². The van der Waals surface area contributed by atoms with Crippen LogP contribution in [-0.4, -0.2) is 19.7 Å². The molecule has 1 aliphatic heterocycles. The van der Waals surface area contributed by atoms with Crippen LogP contribution in [0.3, 0.4) is 0 Å². The van der Waals surface area contributed by atoms with Gasteiger partial charge in [0.15, 0.2) is 0 Å². The number of rotatable bonds is 5. The Morgan fingerprint density at radius 1 is 1.22 bits per heavy atom. The summed E-state index contributed by atoms with van der Waals surface area (Å²) in [5.41, 5.74) is 0.678. The lowest BCUT2D eigenvalue weighted by molar-refractivity contribution is 0.274. The largest absolute Gasteiger partial charge is 0.494 e. The minimum absolute atomic E-state index is 0.678. The van der Waals surface area contributed by atoms with Crippen LogP contribution in [0.5, 0.6) is 5.75 Å². The first kappa shape index (κ1) is 12.9. The van der Waals surface area contributed by atoms with Crippen molar-refractivity contribution in [2.45, 2.75) is 25.7 Å². The number of nitrogens with one attached hydrogen (secondary N) is 1. The normalized spacial score (nSPS) is 16.2. The van der Waals surface area contributed by atoms with Gasteiger partial charge in [-0.15, -0.1) is 0 Å². The predicted octanol–water partition coefficient (Wildman–Crippen LogP) is 2.72. The molecule has 0 amide bonds. The van der Waals surface area contributed by atoms with E-state index in [9.17, 15) is 0 Å². The lowest BCUT2D eigenvalue weighted by Gasteiger charge is -2.22. The Morgan fingerprint density at radius 2 is 1.94 bits per heavy atom. The van der Waals surface area contributed by atoms with E-state index in [1.807, 2.05) is 12.1 Å². The van der Waals surface area contributed by atoms with Gasteiger partial charge in [0.1, 0.15) is 5.75 Å². The van der Waals surface area contributed by atoms with Gasteiger partial charge in [0, 0.05) is 0 Å². The van der Waals surface area contributed by atoms with Crippen LogP contribution < -0.4 is 10.1 Å². The van der Waals surface area contributed by atoms with Crippen LogP contribution in [-0.2, 0) is 0 Å². The quantitative estimate of drug-likeness (QED) is 0.810. The summed E-state index contributed by atoms with van der Waals surface area (Å²) in [4.78, 5) is 0. The number of hydrogen-bond donors (Lipinski definition) is 1. The Kier molecular flexibility index (Phi) is 5.04. The van der Waals surface area contributed by atoms with Gasteiger partial charge in [-0.25, -0.2) is 0 Å². The second-order valence-electron chi connectivity index (χ2n) is 4.82. The van der Waals surface area contributed by atoms with Crippen LogP contribution in [0.4, 0.5) is 0 Å². The molecule has 3 nitrogen and oxygen atoms in total. The number of benzene rings is 1. The van der Waals surface area contributed by atoms with Crippen molar-refractivity contribution >= 4 is 0 Å². The van der Waals surface area contributed by atoms with Crippen molar-refractivity contribution < 1.29 is 4.74 Å². The fourth-order valence-corrected chi connectivity index (χ4v) is 2.36. The first-order valence-corrected chi connectivity index (χ1v) is 6.72. The standard InChI is InChI=1S/C15H20N2O/c16-12-14-3-5-15(6-4-14)18-11-1-2-13-7-9-17-10-8-13/h3-6,13,17H,1-2,7-11H2. The summed E-state index contributed by atoms with van der Waals surface area (Å²) in [6.07, 6.45) is 4.98. The molecular formula is C15H20N2O. The molecule has 0 aliphatic carbocycles. The molecule has 3 heteroatoms. The van der Waals surface area contributed by atoms with E-state index < -0.39 is 0 Å². The summed E-state index contributed by atoms with van der Waals surface area (Å²) < 4.78 is 5.67. The highest BCUT2D eigenvalue weighted by molar-refractivity contribution is 5.34.